The minimum Gasteiger partial charge on any atom is -0.411 e. The zero-order chi connectivity index (χ0) is 11.4. The molecule has 0 spiro atoms. The molecule has 0 unspecified atom stereocenters. The minimum absolute atomic E-state index is 0. The van der Waals surface area contributed by atoms with Crippen molar-refractivity contribution in [2.75, 3.05) is 0 Å². The molecule has 0 aliphatic rings. The molecule has 2 N–H and O–H groups in total. The minimum atomic E-state index is -0.0957. The van der Waals surface area contributed by atoms with Crippen LogP contribution in [0.2, 0.25) is 0 Å². The van der Waals surface area contributed by atoms with Crippen molar-refractivity contribution in [3.8, 4) is 5.75 Å². The third-order valence-corrected chi connectivity index (χ3v) is 2.29. The van der Waals surface area contributed by atoms with Crippen LogP contribution in [-0.2, 0) is 0 Å². The monoisotopic (exact) mass is 249 g/mol. The van der Waals surface area contributed by atoms with Crippen LogP contribution in [0.1, 0.15) is 15.9 Å². The third kappa shape index (κ3) is 2.84. The number of nitrogens with two attached hydrogens (primary N) is 1. The number of ketones is 1. The fraction of sp³-hybridized carbons (Fsp3) is 0. The first-order chi connectivity index (χ1) is 7.83. The highest BCUT2D eigenvalue weighted by Crippen LogP contribution is 2.20. The summed E-state index contributed by atoms with van der Waals surface area (Å²) in [7, 11) is 0. The standard InChI is InChI=1S/C13H11NO2.ClH/c14-16-12-9-5-4-8-11(12)13(15)10-6-2-1-3-7-10;/h1-9H,14H2;1H. The van der Waals surface area contributed by atoms with Crippen molar-refractivity contribution in [2.24, 2.45) is 5.90 Å². The molecule has 0 atom stereocenters. The van der Waals surface area contributed by atoms with Crippen LogP contribution in [0.3, 0.4) is 0 Å². The molecule has 17 heavy (non-hydrogen) atoms. The van der Waals surface area contributed by atoms with Crippen LogP contribution in [0, 0.1) is 0 Å². The predicted molar refractivity (Wildman–Crippen MR) is 68.4 cm³/mol. The van der Waals surface area contributed by atoms with Gasteiger partial charge in [-0.25, -0.2) is 0 Å². The number of benzene rings is 2. The van der Waals surface area contributed by atoms with Crippen molar-refractivity contribution in [1.29, 1.82) is 0 Å². The quantitative estimate of drug-likeness (QED) is 0.672. The summed E-state index contributed by atoms with van der Waals surface area (Å²) in [5.41, 5.74) is 1.09. The first kappa shape index (κ1) is 13.2. The molecule has 0 saturated heterocycles. The van der Waals surface area contributed by atoms with Gasteiger partial charge in [0, 0.05) is 5.56 Å². The summed E-state index contributed by atoms with van der Waals surface area (Å²) in [6.07, 6.45) is 0. The molecule has 2 aromatic carbocycles. The molecule has 0 radical (unpaired) electrons. The molecule has 0 saturated carbocycles. The van der Waals surface area contributed by atoms with Crippen molar-refractivity contribution in [1.82, 2.24) is 0 Å². The largest absolute Gasteiger partial charge is 0.411 e. The lowest BCUT2D eigenvalue weighted by Crippen LogP contribution is -2.09. The van der Waals surface area contributed by atoms with Gasteiger partial charge in [-0.15, -0.1) is 12.4 Å². The Morgan fingerprint density at radius 1 is 0.941 bits per heavy atom. The lowest BCUT2D eigenvalue weighted by Gasteiger charge is -2.05. The average molecular weight is 250 g/mol. The second-order valence-corrected chi connectivity index (χ2v) is 3.31. The molecule has 0 aliphatic heterocycles. The van der Waals surface area contributed by atoms with Gasteiger partial charge >= 0.3 is 0 Å². The van der Waals surface area contributed by atoms with E-state index >= 15 is 0 Å². The van der Waals surface area contributed by atoms with Crippen LogP contribution >= 0.6 is 12.4 Å². The van der Waals surface area contributed by atoms with Crippen LogP contribution < -0.4 is 10.7 Å². The van der Waals surface area contributed by atoms with Crippen molar-refractivity contribution < 1.29 is 9.63 Å². The fourth-order valence-corrected chi connectivity index (χ4v) is 1.50. The Balaban J connectivity index is 0.00000144. The molecular weight excluding hydrogens is 238 g/mol. The van der Waals surface area contributed by atoms with Gasteiger partial charge in [0.1, 0.15) is 0 Å². The number of hydrogen-bond donors (Lipinski definition) is 1. The van der Waals surface area contributed by atoms with E-state index < -0.39 is 0 Å². The molecule has 0 aromatic heterocycles. The van der Waals surface area contributed by atoms with E-state index in [2.05, 4.69) is 4.84 Å². The van der Waals surface area contributed by atoms with Gasteiger partial charge in [0.2, 0.25) is 0 Å². The molecule has 0 fully saturated rings. The highest BCUT2D eigenvalue weighted by molar-refractivity contribution is 6.10. The summed E-state index contributed by atoms with van der Waals surface area (Å²) in [6.45, 7) is 0. The van der Waals surface area contributed by atoms with E-state index in [0.717, 1.165) is 0 Å². The topological polar surface area (TPSA) is 52.3 Å². The molecule has 2 rings (SSSR count). The highest BCUT2D eigenvalue weighted by Gasteiger charge is 2.13. The van der Waals surface area contributed by atoms with E-state index in [1.54, 1.807) is 36.4 Å². The highest BCUT2D eigenvalue weighted by atomic mass is 35.5. The molecule has 2 aromatic rings. The summed E-state index contributed by atoms with van der Waals surface area (Å²) >= 11 is 0. The lowest BCUT2D eigenvalue weighted by atomic mass is 10.0. The summed E-state index contributed by atoms with van der Waals surface area (Å²) in [5.74, 6) is 5.40. The molecule has 0 heterocycles. The number of halogens is 1. The first-order valence-electron chi connectivity index (χ1n) is 4.88. The summed E-state index contributed by atoms with van der Waals surface area (Å²) in [4.78, 5) is 16.8. The Morgan fingerprint density at radius 2 is 1.53 bits per heavy atom. The number of carbonyl (C=O) groups excluding carboxylic acids is 1. The van der Waals surface area contributed by atoms with Gasteiger partial charge in [-0.05, 0) is 12.1 Å². The third-order valence-electron chi connectivity index (χ3n) is 2.29. The summed E-state index contributed by atoms with van der Waals surface area (Å²) in [5, 5.41) is 0. The second-order valence-electron chi connectivity index (χ2n) is 3.31. The van der Waals surface area contributed by atoms with E-state index in [9.17, 15) is 4.79 Å². The van der Waals surface area contributed by atoms with Gasteiger partial charge in [-0.2, -0.15) is 5.90 Å². The van der Waals surface area contributed by atoms with E-state index in [0.29, 0.717) is 16.9 Å². The number of rotatable bonds is 3. The molecular formula is C13H12ClNO2. The Labute approximate surface area is 106 Å². The van der Waals surface area contributed by atoms with E-state index in [4.69, 9.17) is 5.90 Å². The Morgan fingerprint density at radius 3 is 2.18 bits per heavy atom. The van der Waals surface area contributed by atoms with Crippen LogP contribution in [0.4, 0.5) is 0 Å². The average Bonchev–Trinajstić information content (AvgIpc) is 2.39. The normalized spacial score (nSPS) is 9.24. The molecule has 4 heteroatoms. The number of carbonyl (C=O) groups is 1. The van der Waals surface area contributed by atoms with Crippen molar-refractivity contribution in [3.63, 3.8) is 0 Å². The van der Waals surface area contributed by atoms with Gasteiger partial charge < -0.3 is 4.84 Å². The Hall–Kier alpha value is -1.84. The van der Waals surface area contributed by atoms with Gasteiger partial charge in [-0.3, -0.25) is 4.79 Å². The molecule has 88 valence electrons. The maximum Gasteiger partial charge on any atom is 0.196 e. The maximum atomic E-state index is 12.1. The zero-order valence-electron chi connectivity index (χ0n) is 9.00. The van der Waals surface area contributed by atoms with Crippen LogP contribution in [0.25, 0.3) is 0 Å². The van der Waals surface area contributed by atoms with Crippen LogP contribution in [0.5, 0.6) is 5.75 Å². The van der Waals surface area contributed by atoms with E-state index in [1.807, 2.05) is 18.2 Å². The van der Waals surface area contributed by atoms with Crippen molar-refractivity contribution in [2.45, 2.75) is 0 Å². The van der Waals surface area contributed by atoms with Crippen molar-refractivity contribution >= 4 is 18.2 Å². The summed E-state index contributed by atoms with van der Waals surface area (Å²) in [6, 6.07) is 15.9. The predicted octanol–water partition coefficient (Wildman–Crippen LogP) is 2.59. The van der Waals surface area contributed by atoms with Gasteiger partial charge in [0.05, 0.1) is 5.56 Å². The molecule has 0 aliphatic carbocycles. The molecule has 0 bridgehead atoms. The smallest absolute Gasteiger partial charge is 0.196 e. The first-order valence-corrected chi connectivity index (χ1v) is 4.88. The number of para-hydroxylation sites is 1. The number of hydrogen-bond acceptors (Lipinski definition) is 3. The Bertz CT molecular complexity index is 500. The van der Waals surface area contributed by atoms with Crippen molar-refractivity contribution in [3.05, 3.63) is 65.7 Å². The SMILES string of the molecule is Cl.NOc1ccccc1C(=O)c1ccccc1. The molecule has 3 nitrogen and oxygen atoms in total. The second kappa shape index (κ2) is 6.03. The van der Waals surface area contributed by atoms with Crippen LogP contribution in [0.15, 0.2) is 54.6 Å². The Kier molecular flexibility index (Phi) is 4.69. The lowest BCUT2D eigenvalue weighted by molar-refractivity contribution is 0.103. The van der Waals surface area contributed by atoms with E-state index in [-0.39, 0.29) is 18.2 Å². The molecule has 0 amide bonds. The van der Waals surface area contributed by atoms with Gasteiger partial charge in [-0.1, -0.05) is 42.5 Å². The maximum absolute atomic E-state index is 12.1. The van der Waals surface area contributed by atoms with Gasteiger partial charge in [0.25, 0.3) is 0 Å². The zero-order valence-corrected chi connectivity index (χ0v) is 9.81. The van der Waals surface area contributed by atoms with Gasteiger partial charge in [0.15, 0.2) is 11.5 Å². The van der Waals surface area contributed by atoms with E-state index in [1.165, 1.54) is 0 Å². The fourth-order valence-electron chi connectivity index (χ4n) is 1.50. The van der Waals surface area contributed by atoms with Crippen LogP contribution in [-0.4, -0.2) is 5.78 Å². The summed E-state index contributed by atoms with van der Waals surface area (Å²) < 4.78 is 0.